The van der Waals surface area contributed by atoms with E-state index in [-0.39, 0.29) is 0 Å². The fraction of sp³-hybridized carbons (Fsp3) is 0. The van der Waals surface area contributed by atoms with Crippen molar-refractivity contribution >= 4 is 16.3 Å². The van der Waals surface area contributed by atoms with Crippen LogP contribution in [-0.4, -0.2) is 0 Å². The molecule has 0 aliphatic carbocycles. The summed E-state index contributed by atoms with van der Waals surface area (Å²) in [4.78, 5) is 0. The minimum Gasteiger partial charge on any atom is -0.316 e. The minimum atomic E-state index is 1.13. The highest BCUT2D eigenvalue weighted by Gasteiger charge is 1.80. The zero-order valence-electron chi connectivity index (χ0n) is 3.35. The van der Waals surface area contributed by atoms with Gasteiger partial charge in [0.05, 0.1) is 0 Å². The maximum absolute atomic E-state index is 3.70. The van der Waals surface area contributed by atoms with Crippen LogP contribution in [0, 0.1) is 0 Å². The van der Waals surface area contributed by atoms with Gasteiger partial charge < -0.3 is 5.73 Å². The maximum atomic E-state index is 3.70. The normalized spacial score (nSPS) is 8.83. The molecule has 0 aliphatic rings. The number of hydrogen-bond donors (Lipinski definition) is 1. The summed E-state index contributed by atoms with van der Waals surface area (Å²) in [5, 5.41) is 3.15. The van der Waals surface area contributed by atoms with E-state index < -0.39 is 0 Å². The van der Waals surface area contributed by atoms with E-state index in [1.165, 1.54) is 0 Å². The second-order valence-electron chi connectivity index (χ2n) is 1.08. The summed E-state index contributed by atoms with van der Waals surface area (Å²) in [6.07, 6.45) is 0. The topological polar surface area (TPSA) is 27.6 Å². The van der Waals surface area contributed by atoms with Crippen molar-refractivity contribution < 1.29 is 5.73 Å². The van der Waals surface area contributed by atoms with Gasteiger partial charge in [0.2, 0.25) is 0 Å². The molecule has 0 saturated heterocycles. The van der Waals surface area contributed by atoms with Crippen molar-refractivity contribution in [1.82, 2.24) is 0 Å². The van der Waals surface area contributed by atoms with E-state index in [1.807, 2.05) is 17.5 Å². The molecule has 0 radical (unpaired) electrons. The third kappa shape index (κ3) is 0.584. The van der Waals surface area contributed by atoms with Gasteiger partial charge in [0.25, 0.3) is 0 Å². The van der Waals surface area contributed by atoms with Gasteiger partial charge in [0.15, 0.2) is 5.00 Å². The van der Waals surface area contributed by atoms with E-state index in [9.17, 15) is 0 Å². The average Bonchev–Trinajstić information content (AvgIpc) is 1.86. The second-order valence-corrected chi connectivity index (χ2v) is 2.11. The highest BCUT2D eigenvalue weighted by molar-refractivity contribution is 7.13. The number of rotatable bonds is 0. The monoisotopic (exact) mass is 100 g/mol. The molecular formula is C4H6NS+. The Hall–Kier alpha value is -0.340. The summed E-state index contributed by atoms with van der Waals surface area (Å²) < 4.78 is 0. The molecule has 2 heteroatoms. The van der Waals surface area contributed by atoms with Crippen molar-refractivity contribution in [3.63, 3.8) is 0 Å². The standard InChI is InChI=1S/C4H5NS/c5-4-2-1-3-6-4/h1-3H,5H2/p+1. The Morgan fingerprint density at radius 1 is 1.67 bits per heavy atom. The summed E-state index contributed by atoms with van der Waals surface area (Å²) in [5.41, 5.74) is 3.70. The largest absolute Gasteiger partial charge is 0.316 e. The predicted octanol–water partition coefficient (Wildman–Crippen LogP) is 0.621. The molecule has 6 heavy (non-hydrogen) atoms. The van der Waals surface area contributed by atoms with Crippen LogP contribution in [0.25, 0.3) is 0 Å². The second kappa shape index (κ2) is 1.41. The van der Waals surface area contributed by atoms with Gasteiger partial charge in [-0.25, -0.2) is 0 Å². The molecule has 0 aliphatic heterocycles. The summed E-state index contributed by atoms with van der Waals surface area (Å²) >= 11 is 1.67. The fourth-order valence-corrected chi connectivity index (χ4v) is 0.802. The molecule has 0 fully saturated rings. The van der Waals surface area contributed by atoms with Crippen LogP contribution >= 0.6 is 11.3 Å². The SMILES string of the molecule is [NH3+]c1cccs1. The fourth-order valence-electron chi connectivity index (χ4n) is 0.313. The summed E-state index contributed by atoms with van der Waals surface area (Å²) in [7, 11) is 0. The molecule has 0 spiro atoms. The molecule has 0 aromatic carbocycles. The van der Waals surface area contributed by atoms with E-state index in [4.69, 9.17) is 0 Å². The number of thiophene rings is 1. The lowest BCUT2D eigenvalue weighted by molar-refractivity contribution is -0.248. The number of quaternary nitrogens is 1. The molecule has 32 valence electrons. The lowest BCUT2D eigenvalue weighted by Crippen LogP contribution is -2.38. The van der Waals surface area contributed by atoms with Crippen molar-refractivity contribution in [2.45, 2.75) is 0 Å². The zero-order valence-corrected chi connectivity index (χ0v) is 4.16. The minimum absolute atomic E-state index is 1.13. The van der Waals surface area contributed by atoms with Crippen molar-refractivity contribution in [3.05, 3.63) is 17.5 Å². The predicted molar refractivity (Wildman–Crippen MR) is 26.9 cm³/mol. The summed E-state index contributed by atoms with van der Waals surface area (Å²) in [6.45, 7) is 0. The highest BCUT2D eigenvalue weighted by Crippen LogP contribution is 2.05. The van der Waals surface area contributed by atoms with Crippen LogP contribution in [0.15, 0.2) is 17.5 Å². The first kappa shape index (κ1) is 3.84. The zero-order chi connectivity index (χ0) is 4.41. The van der Waals surface area contributed by atoms with Crippen molar-refractivity contribution in [3.8, 4) is 0 Å². The molecule has 1 nitrogen and oxygen atoms in total. The van der Waals surface area contributed by atoms with Gasteiger partial charge in [-0.2, -0.15) is 0 Å². The van der Waals surface area contributed by atoms with Gasteiger partial charge in [-0.05, 0) is 11.4 Å². The summed E-state index contributed by atoms with van der Waals surface area (Å²) in [6, 6.07) is 3.98. The third-order valence-corrected chi connectivity index (χ3v) is 1.31. The summed E-state index contributed by atoms with van der Waals surface area (Å²) in [5.74, 6) is 0. The van der Waals surface area contributed by atoms with Crippen LogP contribution in [0.3, 0.4) is 0 Å². The van der Waals surface area contributed by atoms with Gasteiger partial charge in [0.1, 0.15) is 0 Å². The first-order valence-corrected chi connectivity index (χ1v) is 2.63. The number of hydrogen-bond acceptors (Lipinski definition) is 1. The van der Waals surface area contributed by atoms with Crippen LogP contribution in [-0.2, 0) is 0 Å². The molecule has 0 bridgehead atoms. The molecule has 0 amide bonds. The molecule has 1 heterocycles. The highest BCUT2D eigenvalue weighted by atomic mass is 32.1. The lowest BCUT2D eigenvalue weighted by Gasteiger charge is -1.61. The lowest BCUT2D eigenvalue weighted by atomic mass is 10.6. The van der Waals surface area contributed by atoms with Crippen LogP contribution < -0.4 is 5.73 Å². The Morgan fingerprint density at radius 3 is 2.67 bits per heavy atom. The smallest absolute Gasteiger partial charge is 0.183 e. The molecule has 3 N–H and O–H groups in total. The molecule has 0 atom stereocenters. The van der Waals surface area contributed by atoms with Crippen LogP contribution in [0.5, 0.6) is 0 Å². The van der Waals surface area contributed by atoms with Crippen molar-refractivity contribution in [2.75, 3.05) is 0 Å². The first-order chi connectivity index (χ1) is 2.89. The van der Waals surface area contributed by atoms with Crippen LogP contribution in [0.4, 0.5) is 5.00 Å². The van der Waals surface area contributed by atoms with Crippen molar-refractivity contribution in [1.29, 1.82) is 0 Å². The Labute approximate surface area is 40.4 Å². The average molecular weight is 100 g/mol. The maximum Gasteiger partial charge on any atom is 0.183 e. The van der Waals surface area contributed by atoms with E-state index in [1.54, 1.807) is 11.3 Å². The molecule has 0 unspecified atom stereocenters. The van der Waals surface area contributed by atoms with Gasteiger partial charge in [-0.3, -0.25) is 0 Å². The van der Waals surface area contributed by atoms with Crippen LogP contribution in [0.2, 0.25) is 0 Å². The Bertz CT molecular complexity index is 111. The molecule has 1 aromatic rings. The Morgan fingerprint density at radius 2 is 2.50 bits per heavy atom. The van der Waals surface area contributed by atoms with Gasteiger partial charge in [-0.15, -0.1) is 0 Å². The third-order valence-electron chi connectivity index (χ3n) is 0.580. The van der Waals surface area contributed by atoms with E-state index >= 15 is 0 Å². The van der Waals surface area contributed by atoms with Gasteiger partial charge in [-0.1, -0.05) is 11.3 Å². The van der Waals surface area contributed by atoms with Gasteiger partial charge in [0, 0.05) is 6.07 Å². The Balaban J connectivity index is 3.05. The quantitative estimate of drug-likeness (QED) is 0.495. The van der Waals surface area contributed by atoms with E-state index in [2.05, 4.69) is 5.73 Å². The molecular weight excluding hydrogens is 94.1 g/mol. The van der Waals surface area contributed by atoms with Gasteiger partial charge >= 0.3 is 0 Å². The van der Waals surface area contributed by atoms with Crippen LogP contribution in [0.1, 0.15) is 0 Å². The van der Waals surface area contributed by atoms with Crippen molar-refractivity contribution in [2.24, 2.45) is 0 Å². The van der Waals surface area contributed by atoms with E-state index in [0.717, 1.165) is 5.00 Å². The first-order valence-electron chi connectivity index (χ1n) is 1.75. The molecule has 1 rings (SSSR count). The molecule has 1 aromatic heterocycles. The van der Waals surface area contributed by atoms with E-state index in [0.29, 0.717) is 0 Å². The Kier molecular flexibility index (Phi) is 0.900. The molecule has 0 saturated carbocycles.